The van der Waals surface area contributed by atoms with E-state index in [9.17, 15) is 0 Å². The van der Waals surface area contributed by atoms with Crippen LogP contribution in [0.3, 0.4) is 0 Å². The van der Waals surface area contributed by atoms with Crippen LogP contribution in [-0.2, 0) is 6.42 Å². The summed E-state index contributed by atoms with van der Waals surface area (Å²) < 4.78 is 5.78. The van der Waals surface area contributed by atoms with Gasteiger partial charge in [0.25, 0.3) is 0 Å². The van der Waals surface area contributed by atoms with Crippen LogP contribution in [0.5, 0.6) is 5.75 Å². The average molecular weight is 273 g/mol. The third kappa shape index (κ3) is 2.76. The summed E-state index contributed by atoms with van der Waals surface area (Å²) >= 11 is 1.85. The molecule has 1 unspecified atom stereocenters. The van der Waals surface area contributed by atoms with Gasteiger partial charge in [-0.15, -0.1) is 11.3 Å². The van der Waals surface area contributed by atoms with Gasteiger partial charge < -0.3 is 10.1 Å². The average Bonchev–Trinajstić information content (AvgIpc) is 2.91. The van der Waals surface area contributed by atoms with Crippen molar-refractivity contribution in [2.45, 2.75) is 32.3 Å². The second-order valence-corrected chi connectivity index (χ2v) is 6.26. The van der Waals surface area contributed by atoms with Gasteiger partial charge >= 0.3 is 0 Å². The van der Waals surface area contributed by atoms with Gasteiger partial charge in [0.2, 0.25) is 0 Å². The van der Waals surface area contributed by atoms with Gasteiger partial charge in [-0.2, -0.15) is 0 Å². The SMILES string of the molecule is CC(C)Oc1ccc2c(c1)CC(c1cccs1)CN2. The second-order valence-electron chi connectivity index (χ2n) is 5.28. The van der Waals surface area contributed by atoms with Crippen LogP contribution in [0.15, 0.2) is 35.7 Å². The number of rotatable bonds is 3. The molecule has 0 saturated heterocycles. The maximum atomic E-state index is 5.78. The normalized spacial score (nSPS) is 17.9. The Morgan fingerprint density at radius 1 is 1.32 bits per heavy atom. The van der Waals surface area contributed by atoms with Crippen molar-refractivity contribution in [3.8, 4) is 5.75 Å². The maximum absolute atomic E-state index is 5.78. The molecule has 0 saturated carbocycles. The molecule has 1 N–H and O–H groups in total. The molecule has 0 radical (unpaired) electrons. The first kappa shape index (κ1) is 12.5. The quantitative estimate of drug-likeness (QED) is 0.901. The van der Waals surface area contributed by atoms with E-state index < -0.39 is 0 Å². The minimum absolute atomic E-state index is 0.225. The first-order valence-corrected chi connectivity index (χ1v) is 7.67. The van der Waals surface area contributed by atoms with E-state index in [1.807, 2.05) is 11.3 Å². The molecule has 2 aromatic rings. The van der Waals surface area contributed by atoms with Gasteiger partial charge in [0.05, 0.1) is 6.10 Å². The lowest BCUT2D eigenvalue weighted by atomic mass is 9.92. The van der Waals surface area contributed by atoms with Crippen LogP contribution in [0.2, 0.25) is 0 Å². The van der Waals surface area contributed by atoms with Crippen molar-refractivity contribution in [3.05, 3.63) is 46.2 Å². The molecule has 0 spiro atoms. The van der Waals surface area contributed by atoms with Gasteiger partial charge in [-0.1, -0.05) is 6.07 Å². The minimum atomic E-state index is 0.225. The molecule has 0 fully saturated rings. The molecule has 1 atom stereocenters. The molecule has 19 heavy (non-hydrogen) atoms. The van der Waals surface area contributed by atoms with Crippen molar-refractivity contribution in [1.29, 1.82) is 0 Å². The number of ether oxygens (including phenoxy) is 1. The summed E-state index contributed by atoms with van der Waals surface area (Å²) in [5.41, 5.74) is 2.62. The van der Waals surface area contributed by atoms with Crippen LogP contribution in [0.4, 0.5) is 5.69 Å². The summed E-state index contributed by atoms with van der Waals surface area (Å²) in [7, 11) is 0. The van der Waals surface area contributed by atoms with Gasteiger partial charge in [-0.25, -0.2) is 0 Å². The molecule has 1 aliphatic rings. The summed E-state index contributed by atoms with van der Waals surface area (Å²) in [6.07, 6.45) is 1.32. The predicted octanol–water partition coefficient (Wildman–Crippen LogP) is 4.29. The molecule has 1 aromatic heterocycles. The fourth-order valence-electron chi connectivity index (χ4n) is 2.55. The molecular formula is C16H19NOS. The lowest BCUT2D eigenvalue weighted by Gasteiger charge is -2.26. The van der Waals surface area contributed by atoms with Crippen LogP contribution in [0.1, 0.15) is 30.2 Å². The number of anilines is 1. The largest absolute Gasteiger partial charge is 0.491 e. The maximum Gasteiger partial charge on any atom is 0.120 e. The summed E-state index contributed by atoms with van der Waals surface area (Å²) in [6, 6.07) is 10.7. The molecule has 1 aromatic carbocycles. The van der Waals surface area contributed by atoms with Gasteiger partial charge in [0.15, 0.2) is 0 Å². The van der Waals surface area contributed by atoms with Crippen LogP contribution in [0, 0.1) is 0 Å². The number of fused-ring (bicyclic) bond motifs is 1. The molecule has 2 heterocycles. The van der Waals surface area contributed by atoms with Crippen molar-refractivity contribution in [3.63, 3.8) is 0 Å². The Hall–Kier alpha value is -1.48. The molecule has 3 heteroatoms. The fraction of sp³-hybridized carbons (Fsp3) is 0.375. The number of thiophene rings is 1. The molecule has 2 nitrogen and oxygen atoms in total. The van der Waals surface area contributed by atoms with E-state index >= 15 is 0 Å². The summed E-state index contributed by atoms with van der Waals surface area (Å²) in [6.45, 7) is 5.15. The van der Waals surface area contributed by atoms with E-state index in [1.165, 1.54) is 16.1 Å². The Balaban J connectivity index is 1.82. The third-order valence-electron chi connectivity index (χ3n) is 3.40. The Bertz CT molecular complexity index is 548. The highest BCUT2D eigenvalue weighted by atomic mass is 32.1. The van der Waals surface area contributed by atoms with Crippen molar-refractivity contribution < 1.29 is 4.74 Å². The second kappa shape index (κ2) is 5.25. The molecule has 0 aliphatic carbocycles. The molecule has 100 valence electrons. The molecule has 0 amide bonds. The standard InChI is InChI=1S/C16H19NOS/c1-11(2)18-14-5-6-15-12(9-14)8-13(10-17-15)16-4-3-7-19-16/h3-7,9,11,13,17H,8,10H2,1-2H3. The molecule has 0 bridgehead atoms. The smallest absolute Gasteiger partial charge is 0.120 e. The highest BCUT2D eigenvalue weighted by Crippen LogP contribution is 2.34. The van der Waals surface area contributed by atoms with Crippen molar-refractivity contribution in [1.82, 2.24) is 0 Å². The van der Waals surface area contributed by atoms with Crippen LogP contribution >= 0.6 is 11.3 Å². The van der Waals surface area contributed by atoms with Gasteiger partial charge in [-0.3, -0.25) is 0 Å². The Labute approximate surface area is 118 Å². The van der Waals surface area contributed by atoms with Crippen LogP contribution in [0.25, 0.3) is 0 Å². The fourth-order valence-corrected chi connectivity index (χ4v) is 3.38. The van der Waals surface area contributed by atoms with Crippen molar-refractivity contribution in [2.24, 2.45) is 0 Å². The highest BCUT2D eigenvalue weighted by molar-refractivity contribution is 7.10. The highest BCUT2D eigenvalue weighted by Gasteiger charge is 2.20. The third-order valence-corrected chi connectivity index (χ3v) is 4.43. The number of nitrogens with one attached hydrogen (secondary N) is 1. The first-order chi connectivity index (χ1) is 9.22. The van der Waals surface area contributed by atoms with E-state index in [2.05, 4.69) is 54.9 Å². The Kier molecular flexibility index (Phi) is 3.47. The van der Waals surface area contributed by atoms with Crippen LogP contribution < -0.4 is 10.1 Å². The zero-order chi connectivity index (χ0) is 13.2. The van der Waals surface area contributed by atoms with Gasteiger partial charge in [0, 0.05) is 23.0 Å². The number of hydrogen-bond acceptors (Lipinski definition) is 3. The van der Waals surface area contributed by atoms with E-state index in [4.69, 9.17) is 4.74 Å². The van der Waals surface area contributed by atoms with Gasteiger partial charge in [0.1, 0.15) is 5.75 Å². The van der Waals surface area contributed by atoms with Gasteiger partial charge in [-0.05, 0) is 55.5 Å². The summed E-state index contributed by atoms with van der Waals surface area (Å²) in [5.74, 6) is 1.56. The minimum Gasteiger partial charge on any atom is -0.491 e. The first-order valence-electron chi connectivity index (χ1n) is 6.79. The van der Waals surface area contributed by atoms with Crippen molar-refractivity contribution in [2.75, 3.05) is 11.9 Å². The lowest BCUT2D eigenvalue weighted by Crippen LogP contribution is -2.21. The zero-order valence-corrected chi connectivity index (χ0v) is 12.2. The van der Waals surface area contributed by atoms with E-state index in [1.54, 1.807) is 0 Å². The van der Waals surface area contributed by atoms with Crippen molar-refractivity contribution >= 4 is 17.0 Å². The topological polar surface area (TPSA) is 21.3 Å². The summed E-state index contributed by atoms with van der Waals surface area (Å²) in [4.78, 5) is 1.47. The zero-order valence-electron chi connectivity index (χ0n) is 11.3. The monoisotopic (exact) mass is 273 g/mol. The Morgan fingerprint density at radius 2 is 2.21 bits per heavy atom. The number of benzene rings is 1. The molecule has 1 aliphatic heterocycles. The predicted molar refractivity (Wildman–Crippen MR) is 81.5 cm³/mol. The lowest BCUT2D eigenvalue weighted by molar-refractivity contribution is 0.242. The van der Waals surface area contributed by atoms with E-state index in [0.29, 0.717) is 5.92 Å². The number of hydrogen-bond donors (Lipinski definition) is 1. The van der Waals surface area contributed by atoms with E-state index in [0.717, 1.165) is 18.7 Å². The van der Waals surface area contributed by atoms with Crippen LogP contribution in [-0.4, -0.2) is 12.6 Å². The molecule has 3 rings (SSSR count). The van der Waals surface area contributed by atoms with E-state index in [-0.39, 0.29) is 6.10 Å². The molecular weight excluding hydrogens is 254 g/mol. The Morgan fingerprint density at radius 3 is 2.95 bits per heavy atom. The summed E-state index contributed by atoms with van der Waals surface area (Å²) in [5, 5.41) is 5.69.